The molecule has 3 N–H and O–H groups in total. The second-order valence-electron chi connectivity index (χ2n) is 7.45. The predicted molar refractivity (Wildman–Crippen MR) is 113 cm³/mol. The minimum atomic E-state index is -3.43. The monoisotopic (exact) mass is 433 g/mol. The predicted octanol–water partition coefficient (Wildman–Crippen LogP) is 1.57. The summed E-state index contributed by atoms with van der Waals surface area (Å²) in [6.45, 7) is 5.83. The lowest BCUT2D eigenvalue weighted by Gasteiger charge is -2.35. The van der Waals surface area contributed by atoms with Crippen molar-refractivity contribution in [1.82, 2.24) is 15.4 Å². The fraction of sp³-hybridized carbons (Fsp3) is 0.632. The molecule has 0 spiro atoms. The van der Waals surface area contributed by atoms with Crippen molar-refractivity contribution in [3.8, 4) is 0 Å². The second-order valence-corrected chi connectivity index (χ2v) is 9.20. The zero-order valence-electron chi connectivity index (χ0n) is 16.8. The van der Waals surface area contributed by atoms with E-state index in [1.165, 1.54) is 0 Å². The van der Waals surface area contributed by atoms with Crippen LogP contribution in [0, 0.1) is 5.41 Å². The Bertz CT molecular complexity index is 729. The third-order valence-electron chi connectivity index (χ3n) is 4.78. The number of halogens is 1. The number of benzene rings is 1. The highest BCUT2D eigenvalue weighted by Crippen LogP contribution is 2.29. The van der Waals surface area contributed by atoms with Crippen LogP contribution in [0.2, 0.25) is 0 Å². The van der Waals surface area contributed by atoms with Crippen molar-refractivity contribution in [3.05, 3.63) is 35.4 Å². The van der Waals surface area contributed by atoms with E-state index < -0.39 is 15.4 Å². The zero-order chi connectivity index (χ0) is 19.9. The van der Waals surface area contributed by atoms with Gasteiger partial charge in [-0.25, -0.2) is 13.1 Å². The molecule has 1 aromatic carbocycles. The van der Waals surface area contributed by atoms with E-state index in [0.717, 1.165) is 31.5 Å². The van der Waals surface area contributed by atoms with Crippen molar-refractivity contribution in [2.45, 2.75) is 45.0 Å². The van der Waals surface area contributed by atoms with E-state index in [1.807, 2.05) is 18.2 Å². The Labute approximate surface area is 174 Å². The van der Waals surface area contributed by atoms with E-state index in [1.54, 1.807) is 27.0 Å². The fourth-order valence-corrected chi connectivity index (χ4v) is 4.95. The first kappa shape index (κ1) is 24.8. The first-order chi connectivity index (χ1) is 12.8. The molecule has 0 atom stereocenters. The molecule has 1 aliphatic rings. The van der Waals surface area contributed by atoms with E-state index >= 15 is 0 Å². The molecule has 0 radical (unpaired) electrons. The highest BCUT2D eigenvalue weighted by Gasteiger charge is 2.39. The van der Waals surface area contributed by atoms with Gasteiger partial charge in [-0.05, 0) is 50.9 Å². The van der Waals surface area contributed by atoms with Crippen molar-refractivity contribution in [3.63, 3.8) is 0 Å². The number of piperidine rings is 1. The summed E-state index contributed by atoms with van der Waals surface area (Å²) in [7, 11) is -1.82. The molecule has 160 valence electrons. The Balaban J connectivity index is 0.00000392. The van der Waals surface area contributed by atoms with Gasteiger partial charge in [0.2, 0.25) is 15.9 Å². The molecular weight excluding hydrogens is 402 g/mol. The largest absolute Gasteiger partial charge is 0.384 e. The molecule has 0 aliphatic carbocycles. The molecule has 0 aromatic heterocycles. The van der Waals surface area contributed by atoms with Gasteiger partial charge in [-0.1, -0.05) is 24.3 Å². The summed E-state index contributed by atoms with van der Waals surface area (Å²) in [6, 6.07) is 7.14. The maximum absolute atomic E-state index is 12.9. The van der Waals surface area contributed by atoms with E-state index in [2.05, 4.69) is 15.4 Å². The average Bonchev–Trinajstić information content (AvgIpc) is 2.60. The van der Waals surface area contributed by atoms with Gasteiger partial charge in [0, 0.05) is 19.7 Å². The Morgan fingerprint density at radius 3 is 2.39 bits per heavy atom. The Morgan fingerprint density at radius 2 is 1.82 bits per heavy atom. The molecule has 0 bridgehead atoms. The van der Waals surface area contributed by atoms with Gasteiger partial charge < -0.3 is 15.4 Å². The summed E-state index contributed by atoms with van der Waals surface area (Å²) in [4.78, 5) is 12.9. The van der Waals surface area contributed by atoms with Gasteiger partial charge in [-0.15, -0.1) is 12.4 Å². The van der Waals surface area contributed by atoms with Crippen LogP contribution in [0.5, 0.6) is 0 Å². The molecule has 0 saturated carbocycles. The summed E-state index contributed by atoms with van der Waals surface area (Å²) >= 11 is 0. The first-order valence-electron chi connectivity index (χ1n) is 9.33. The summed E-state index contributed by atoms with van der Waals surface area (Å²) in [5, 5.41) is 6.27. The van der Waals surface area contributed by atoms with Crippen LogP contribution >= 0.6 is 12.4 Å². The van der Waals surface area contributed by atoms with Crippen molar-refractivity contribution >= 4 is 28.3 Å². The maximum Gasteiger partial charge on any atom is 0.228 e. The summed E-state index contributed by atoms with van der Waals surface area (Å²) < 4.78 is 32.4. The van der Waals surface area contributed by atoms with Gasteiger partial charge in [0.1, 0.15) is 0 Å². The molecule has 7 nitrogen and oxygen atoms in total. The molecule has 2 rings (SSSR count). The third-order valence-corrected chi connectivity index (χ3v) is 6.30. The lowest BCUT2D eigenvalue weighted by molar-refractivity contribution is -0.136. The standard InChI is InChI=1S/C19H31N3O4S.ClH/c1-15(2)22-27(24,25)13-17-7-5-4-6-16(17)12-21-18(23)19(14-26-3)8-10-20-11-9-19;/h4-7,15,20,22H,8-14H2,1-3H3,(H,21,23);1H. The molecule has 1 amide bonds. The van der Waals surface area contributed by atoms with Crippen LogP contribution in [-0.4, -0.2) is 47.2 Å². The van der Waals surface area contributed by atoms with Crippen LogP contribution in [0.1, 0.15) is 37.8 Å². The Morgan fingerprint density at radius 1 is 1.21 bits per heavy atom. The number of carbonyl (C=O) groups excluding carboxylic acids is 1. The highest BCUT2D eigenvalue weighted by atomic mass is 35.5. The number of methoxy groups -OCH3 is 1. The topological polar surface area (TPSA) is 96.5 Å². The highest BCUT2D eigenvalue weighted by molar-refractivity contribution is 7.88. The number of rotatable bonds is 9. The van der Waals surface area contributed by atoms with Gasteiger partial charge in [0.05, 0.1) is 17.8 Å². The van der Waals surface area contributed by atoms with E-state index in [-0.39, 0.29) is 30.1 Å². The first-order valence-corrected chi connectivity index (χ1v) is 11.0. The molecular formula is C19H32ClN3O4S. The normalized spacial score (nSPS) is 16.4. The number of ether oxygens (including phenoxy) is 1. The minimum Gasteiger partial charge on any atom is -0.384 e. The van der Waals surface area contributed by atoms with Crippen LogP contribution in [0.4, 0.5) is 0 Å². The van der Waals surface area contributed by atoms with E-state index in [0.29, 0.717) is 18.7 Å². The summed E-state index contributed by atoms with van der Waals surface area (Å²) in [6.07, 6.45) is 1.45. The average molecular weight is 434 g/mol. The van der Waals surface area contributed by atoms with Crippen LogP contribution in [0.15, 0.2) is 24.3 Å². The maximum atomic E-state index is 12.9. The number of nitrogens with one attached hydrogen (secondary N) is 3. The fourth-order valence-electron chi connectivity index (χ4n) is 3.46. The van der Waals surface area contributed by atoms with E-state index in [4.69, 9.17) is 4.74 Å². The van der Waals surface area contributed by atoms with Crippen LogP contribution in [0.3, 0.4) is 0 Å². The number of sulfonamides is 1. The second kappa shape index (κ2) is 11.1. The smallest absolute Gasteiger partial charge is 0.228 e. The number of amides is 1. The van der Waals surface area contributed by atoms with Crippen LogP contribution in [0.25, 0.3) is 0 Å². The zero-order valence-corrected chi connectivity index (χ0v) is 18.4. The van der Waals surface area contributed by atoms with Gasteiger partial charge in [-0.2, -0.15) is 0 Å². The van der Waals surface area contributed by atoms with Crippen LogP contribution in [-0.2, 0) is 31.9 Å². The molecule has 1 aliphatic heterocycles. The number of hydrogen-bond acceptors (Lipinski definition) is 5. The van der Waals surface area contributed by atoms with Crippen molar-refractivity contribution in [1.29, 1.82) is 0 Å². The molecule has 1 saturated heterocycles. The lowest BCUT2D eigenvalue weighted by Crippen LogP contribution is -2.50. The quantitative estimate of drug-likeness (QED) is 0.549. The van der Waals surface area contributed by atoms with Crippen molar-refractivity contribution in [2.24, 2.45) is 5.41 Å². The number of hydrogen-bond donors (Lipinski definition) is 3. The van der Waals surface area contributed by atoms with Crippen LogP contribution < -0.4 is 15.4 Å². The minimum absolute atomic E-state index is 0. The molecule has 1 aromatic rings. The number of carbonyl (C=O) groups is 1. The van der Waals surface area contributed by atoms with Crippen molar-refractivity contribution in [2.75, 3.05) is 26.8 Å². The summed E-state index contributed by atoms with van der Waals surface area (Å²) in [5.74, 6) is -0.145. The molecule has 1 heterocycles. The van der Waals surface area contributed by atoms with Crippen molar-refractivity contribution < 1.29 is 17.9 Å². The van der Waals surface area contributed by atoms with Gasteiger partial charge in [-0.3, -0.25) is 4.79 Å². The Hall–Kier alpha value is -1.19. The molecule has 28 heavy (non-hydrogen) atoms. The van der Waals surface area contributed by atoms with Gasteiger partial charge in [0.15, 0.2) is 0 Å². The van der Waals surface area contributed by atoms with E-state index in [9.17, 15) is 13.2 Å². The lowest BCUT2D eigenvalue weighted by atomic mass is 9.78. The molecule has 0 unspecified atom stereocenters. The Kier molecular flexibility index (Phi) is 9.86. The summed E-state index contributed by atoms with van der Waals surface area (Å²) in [5.41, 5.74) is 0.971. The SMILES string of the molecule is COCC1(C(=O)NCc2ccccc2CS(=O)(=O)NC(C)C)CCNCC1.Cl. The van der Waals surface area contributed by atoms with Gasteiger partial charge in [0.25, 0.3) is 0 Å². The molecule has 9 heteroatoms. The molecule has 1 fully saturated rings. The van der Waals surface area contributed by atoms with Gasteiger partial charge >= 0.3 is 0 Å². The third kappa shape index (κ3) is 7.00.